The maximum Gasteiger partial charge on any atom is 0.410 e. The fraction of sp³-hybridized carbons (Fsp3) is 0.667. The lowest BCUT2D eigenvalue weighted by atomic mass is 10.2. The Balaban J connectivity index is 2.03. The number of carbonyl (C=O) groups is 1. The van der Waals surface area contributed by atoms with Crippen molar-refractivity contribution < 1.29 is 14.3 Å². The van der Waals surface area contributed by atoms with Gasteiger partial charge in [-0.3, -0.25) is 4.90 Å². The van der Waals surface area contributed by atoms with Crippen LogP contribution in [0.4, 0.5) is 10.7 Å². The molecule has 0 radical (unpaired) electrons. The minimum absolute atomic E-state index is 0.101. The van der Waals surface area contributed by atoms with Crippen molar-refractivity contribution in [2.45, 2.75) is 32.4 Å². The minimum atomic E-state index is -0.513. The average molecular weight is 387 g/mol. The number of halogens is 1. The van der Waals surface area contributed by atoms with E-state index in [0.29, 0.717) is 32.3 Å². The topological polar surface area (TPSA) is 67.8 Å². The summed E-state index contributed by atoms with van der Waals surface area (Å²) in [5.41, 5.74) is -0.513. The maximum absolute atomic E-state index is 12.4. The lowest BCUT2D eigenvalue weighted by Gasteiger charge is -2.38. The van der Waals surface area contributed by atoms with E-state index in [2.05, 4.69) is 25.9 Å². The first-order valence-corrected chi connectivity index (χ1v) is 8.31. The van der Waals surface area contributed by atoms with Crippen molar-refractivity contribution in [1.82, 2.24) is 14.9 Å². The van der Waals surface area contributed by atoms with E-state index >= 15 is 0 Å². The van der Waals surface area contributed by atoms with Gasteiger partial charge in [0.05, 0.1) is 23.7 Å². The number of hydrogen-bond acceptors (Lipinski definition) is 6. The van der Waals surface area contributed by atoms with Gasteiger partial charge in [0.1, 0.15) is 5.60 Å². The molecule has 8 heteroatoms. The van der Waals surface area contributed by atoms with Gasteiger partial charge in [-0.1, -0.05) is 0 Å². The number of carbonyl (C=O) groups excluding carboxylic acids is 1. The maximum atomic E-state index is 12.4. The van der Waals surface area contributed by atoms with Gasteiger partial charge in [0.2, 0.25) is 5.95 Å². The molecule has 128 valence electrons. The van der Waals surface area contributed by atoms with Crippen LogP contribution in [0.25, 0.3) is 0 Å². The number of hydrogen-bond donors (Lipinski definition) is 0. The summed E-state index contributed by atoms with van der Waals surface area (Å²) in [5.74, 6) is 0.600. The molecular formula is C15H23BrN4O3. The molecule has 0 spiro atoms. The molecule has 1 fully saturated rings. The van der Waals surface area contributed by atoms with Crippen LogP contribution in [0.5, 0.6) is 0 Å². The summed E-state index contributed by atoms with van der Waals surface area (Å²) in [4.78, 5) is 24.5. The van der Waals surface area contributed by atoms with Crippen LogP contribution >= 0.6 is 15.9 Å². The number of rotatable bonds is 3. The van der Waals surface area contributed by atoms with Gasteiger partial charge < -0.3 is 14.4 Å². The highest BCUT2D eigenvalue weighted by Crippen LogP contribution is 2.17. The van der Waals surface area contributed by atoms with Crippen molar-refractivity contribution in [3.63, 3.8) is 0 Å². The monoisotopic (exact) mass is 386 g/mol. The van der Waals surface area contributed by atoms with Gasteiger partial charge in [0.15, 0.2) is 0 Å². The number of ether oxygens (including phenoxy) is 2. The van der Waals surface area contributed by atoms with E-state index in [0.717, 1.165) is 4.47 Å². The summed E-state index contributed by atoms with van der Waals surface area (Å²) in [6, 6.07) is -0.101. The molecule has 1 aliphatic rings. The normalized spacial score (nSPS) is 18.7. The summed E-state index contributed by atoms with van der Waals surface area (Å²) in [7, 11) is 1.89. The van der Waals surface area contributed by atoms with Crippen LogP contribution in [-0.2, 0) is 9.47 Å². The van der Waals surface area contributed by atoms with Crippen LogP contribution in [0, 0.1) is 0 Å². The van der Waals surface area contributed by atoms with Gasteiger partial charge in [-0.05, 0) is 36.7 Å². The van der Waals surface area contributed by atoms with Gasteiger partial charge in [-0.25, -0.2) is 14.8 Å². The molecular weight excluding hydrogens is 364 g/mol. The minimum Gasteiger partial charge on any atom is -0.444 e. The fourth-order valence-electron chi connectivity index (χ4n) is 2.27. The van der Waals surface area contributed by atoms with Crippen LogP contribution < -0.4 is 4.90 Å². The summed E-state index contributed by atoms with van der Waals surface area (Å²) < 4.78 is 11.8. The van der Waals surface area contributed by atoms with Crippen molar-refractivity contribution in [1.29, 1.82) is 0 Å². The molecule has 2 rings (SSSR count). The van der Waals surface area contributed by atoms with E-state index in [-0.39, 0.29) is 12.1 Å². The Morgan fingerprint density at radius 2 is 2.13 bits per heavy atom. The molecule has 1 atom stereocenters. The largest absolute Gasteiger partial charge is 0.444 e. The van der Waals surface area contributed by atoms with Gasteiger partial charge in [0.25, 0.3) is 0 Å². The molecule has 0 aromatic carbocycles. The third kappa shape index (κ3) is 5.31. The molecule has 7 nitrogen and oxygen atoms in total. The van der Waals surface area contributed by atoms with Crippen LogP contribution in [0.3, 0.4) is 0 Å². The Morgan fingerprint density at radius 1 is 1.48 bits per heavy atom. The second kappa shape index (κ2) is 7.44. The van der Waals surface area contributed by atoms with Crippen molar-refractivity contribution in [2.75, 3.05) is 38.3 Å². The quantitative estimate of drug-likeness (QED) is 0.793. The Morgan fingerprint density at radius 3 is 2.74 bits per heavy atom. The van der Waals surface area contributed by atoms with Crippen LogP contribution in [0.2, 0.25) is 0 Å². The Bertz CT molecular complexity index is 533. The summed E-state index contributed by atoms with van der Waals surface area (Å²) >= 11 is 3.32. The SMILES string of the molecule is CN(CC1COCCN1C(=O)OC(C)(C)C)c1ncc(Br)cn1. The number of morpholine rings is 1. The molecule has 1 unspecified atom stereocenters. The van der Waals surface area contributed by atoms with Gasteiger partial charge >= 0.3 is 6.09 Å². The predicted molar refractivity (Wildman–Crippen MR) is 90.5 cm³/mol. The third-order valence-corrected chi connectivity index (χ3v) is 3.70. The smallest absolute Gasteiger partial charge is 0.410 e. The molecule has 1 saturated heterocycles. The van der Waals surface area contributed by atoms with Crippen molar-refractivity contribution in [3.05, 3.63) is 16.9 Å². The van der Waals surface area contributed by atoms with Gasteiger partial charge in [-0.15, -0.1) is 0 Å². The Kier molecular flexibility index (Phi) is 5.80. The van der Waals surface area contributed by atoms with E-state index in [1.807, 2.05) is 32.7 Å². The highest BCUT2D eigenvalue weighted by Gasteiger charge is 2.32. The highest BCUT2D eigenvalue weighted by molar-refractivity contribution is 9.10. The fourth-order valence-corrected chi connectivity index (χ4v) is 2.47. The second-order valence-electron chi connectivity index (χ2n) is 6.48. The van der Waals surface area contributed by atoms with E-state index in [9.17, 15) is 4.79 Å². The summed E-state index contributed by atoms with van der Waals surface area (Å²) in [6.07, 6.45) is 3.08. The molecule has 1 amide bonds. The standard InChI is InChI=1S/C15H23BrN4O3/c1-15(2,3)23-14(21)20-5-6-22-10-12(20)9-19(4)13-17-7-11(16)8-18-13/h7-8,12H,5-6,9-10H2,1-4H3. The van der Waals surface area contributed by atoms with Crippen molar-refractivity contribution in [3.8, 4) is 0 Å². The number of aromatic nitrogens is 2. The van der Waals surface area contributed by atoms with Crippen LogP contribution in [0.15, 0.2) is 16.9 Å². The van der Waals surface area contributed by atoms with E-state index in [1.165, 1.54) is 0 Å². The zero-order valence-electron chi connectivity index (χ0n) is 14.0. The first-order chi connectivity index (χ1) is 10.8. The molecule has 23 heavy (non-hydrogen) atoms. The predicted octanol–water partition coefficient (Wildman–Crippen LogP) is 2.31. The summed E-state index contributed by atoms with van der Waals surface area (Å²) in [5, 5.41) is 0. The van der Waals surface area contributed by atoms with E-state index < -0.39 is 5.60 Å². The molecule has 1 aromatic heterocycles. The first-order valence-electron chi connectivity index (χ1n) is 7.52. The van der Waals surface area contributed by atoms with Gasteiger partial charge in [0, 0.05) is 32.5 Å². The molecule has 0 N–H and O–H groups in total. The molecule has 1 aliphatic heterocycles. The van der Waals surface area contributed by atoms with E-state index in [4.69, 9.17) is 9.47 Å². The number of anilines is 1. The molecule has 0 saturated carbocycles. The van der Waals surface area contributed by atoms with Gasteiger partial charge in [-0.2, -0.15) is 0 Å². The van der Waals surface area contributed by atoms with E-state index in [1.54, 1.807) is 17.3 Å². The lowest BCUT2D eigenvalue weighted by molar-refractivity contribution is -0.0301. The highest BCUT2D eigenvalue weighted by atomic mass is 79.9. The molecule has 0 aliphatic carbocycles. The summed E-state index contributed by atoms with van der Waals surface area (Å²) in [6.45, 7) is 7.68. The van der Waals surface area contributed by atoms with Crippen molar-refractivity contribution in [2.24, 2.45) is 0 Å². The number of amides is 1. The zero-order valence-corrected chi connectivity index (χ0v) is 15.5. The lowest BCUT2D eigenvalue weighted by Crippen LogP contribution is -2.54. The number of nitrogens with zero attached hydrogens (tertiary/aromatic N) is 4. The molecule has 0 bridgehead atoms. The second-order valence-corrected chi connectivity index (χ2v) is 7.40. The average Bonchev–Trinajstić information content (AvgIpc) is 2.46. The number of likely N-dealkylation sites (N-methyl/N-ethyl adjacent to an activating group) is 1. The van der Waals surface area contributed by atoms with Crippen LogP contribution in [-0.4, -0.2) is 66.0 Å². The van der Waals surface area contributed by atoms with Crippen LogP contribution in [0.1, 0.15) is 20.8 Å². The Hall–Kier alpha value is -1.41. The molecule has 1 aromatic rings. The van der Waals surface area contributed by atoms with Crippen molar-refractivity contribution >= 4 is 28.0 Å². The third-order valence-electron chi connectivity index (χ3n) is 3.29. The first kappa shape index (κ1) is 17.9. The Labute approximate surface area is 145 Å². The zero-order chi connectivity index (χ0) is 17.0. The molecule has 2 heterocycles.